The molecule has 2 heterocycles. The minimum Gasteiger partial charge on any atom is -0.371 e. The van der Waals surface area contributed by atoms with Crippen LogP contribution in [0.4, 0.5) is 0 Å². The zero-order valence-electron chi connectivity index (χ0n) is 13.8. The van der Waals surface area contributed by atoms with Crippen molar-refractivity contribution >= 4 is 5.91 Å². The topological polar surface area (TPSA) is 67.0 Å². The molecule has 0 bridgehead atoms. The second-order valence-electron chi connectivity index (χ2n) is 6.18. The van der Waals surface area contributed by atoms with Gasteiger partial charge in [0.25, 0.3) is 0 Å². The maximum absolute atomic E-state index is 12.7. The van der Waals surface area contributed by atoms with Gasteiger partial charge in [-0.1, -0.05) is 30.3 Å². The molecule has 3 unspecified atom stereocenters. The lowest BCUT2D eigenvalue weighted by Gasteiger charge is -2.22. The van der Waals surface area contributed by atoms with Gasteiger partial charge in [0.05, 0.1) is 17.7 Å². The van der Waals surface area contributed by atoms with E-state index in [-0.39, 0.29) is 24.0 Å². The van der Waals surface area contributed by atoms with E-state index in [4.69, 9.17) is 4.74 Å². The average Bonchev–Trinajstić information content (AvgIpc) is 3.14. The summed E-state index contributed by atoms with van der Waals surface area (Å²) in [5, 5.41) is 10.3. The molecule has 122 valence electrons. The van der Waals surface area contributed by atoms with E-state index >= 15 is 0 Å². The Hall–Kier alpha value is -2.14. The van der Waals surface area contributed by atoms with Crippen molar-refractivity contribution in [2.24, 2.45) is 0 Å². The van der Waals surface area contributed by atoms with Gasteiger partial charge in [0, 0.05) is 17.9 Å². The second kappa shape index (κ2) is 6.54. The number of rotatable bonds is 4. The molecule has 2 N–H and O–H groups in total. The minimum atomic E-state index is -0.231. The molecule has 1 aliphatic heterocycles. The summed E-state index contributed by atoms with van der Waals surface area (Å²) in [6.45, 7) is 6.47. The van der Waals surface area contributed by atoms with Crippen molar-refractivity contribution in [3.8, 4) is 0 Å². The van der Waals surface area contributed by atoms with Crippen molar-refractivity contribution in [3.63, 3.8) is 0 Å². The van der Waals surface area contributed by atoms with Crippen molar-refractivity contribution in [2.45, 2.75) is 45.3 Å². The van der Waals surface area contributed by atoms with Gasteiger partial charge in [-0.25, -0.2) is 0 Å². The molecule has 0 saturated carbocycles. The van der Waals surface area contributed by atoms with Gasteiger partial charge in [-0.05, 0) is 32.8 Å². The molecule has 3 atom stereocenters. The summed E-state index contributed by atoms with van der Waals surface area (Å²) in [5.74, 6) is -0.209. The van der Waals surface area contributed by atoms with Crippen LogP contribution in [0.25, 0.3) is 0 Å². The standard InChI is InChI=1S/C18H23N3O2/c1-11(16-12(2)20-21-13(16)3)18(22)19-15-9-10-23-17(15)14-7-5-4-6-8-14/h4-8,11,15,17H,9-10H2,1-3H3,(H,19,22)(H,20,21). The van der Waals surface area contributed by atoms with Crippen LogP contribution in [0.2, 0.25) is 0 Å². The van der Waals surface area contributed by atoms with Gasteiger partial charge in [0.2, 0.25) is 5.91 Å². The molecule has 1 fully saturated rings. The van der Waals surface area contributed by atoms with Gasteiger partial charge in [0.15, 0.2) is 0 Å². The Kier molecular flexibility index (Phi) is 4.48. The molecule has 3 rings (SSSR count). The SMILES string of the molecule is Cc1n[nH]c(C)c1C(C)C(=O)NC1CCOC1c1ccccc1. The van der Waals surface area contributed by atoms with Gasteiger partial charge in [0.1, 0.15) is 6.10 Å². The lowest BCUT2D eigenvalue weighted by atomic mass is 9.96. The molecule has 1 aliphatic rings. The number of aryl methyl sites for hydroxylation is 2. The zero-order valence-corrected chi connectivity index (χ0v) is 13.8. The summed E-state index contributed by atoms with van der Waals surface area (Å²) in [7, 11) is 0. The van der Waals surface area contributed by atoms with Crippen molar-refractivity contribution in [2.75, 3.05) is 6.61 Å². The number of benzene rings is 1. The summed E-state index contributed by atoms with van der Waals surface area (Å²) in [4.78, 5) is 12.7. The number of carbonyl (C=O) groups excluding carboxylic acids is 1. The van der Waals surface area contributed by atoms with E-state index in [0.717, 1.165) is 28.9 Å². The van der Waals surface area contributed by atoms with E-state index in [9.17, 15) is 4.79 Å². The number of aromatic amines is 1. The van der Waals surface area contributed by atoms with Crippen molar-refractivity contribution in [3.05, 3.63) is 52.8 Å². The lowest BCUT2D eigenvalue weighted by molar-refractivity contribution is -0.123. The second-order valence-corrected chi connectivity index (χ2v) is 6.18. The molecule has 0 aliphatic carbocycles. The number of hydrogen-bond donors (Lipinski definition) is 2. The fraction of sp³-hybridized carbons (Fsp3) is 0.444. The third-order valence-electron chi connectivity index (χ3n) is 4.56. The summed E-state index contributed by atoms with van der Waals surface area (Å²) in [6.07, 6.45) is 0.764. The van der Waals surface area contributed by atoms with E-state index in [1.165, 1.54) is 0 Å². The normalized spacial score (nSPS) is 22.0. The number of amides is 1. The van der Waals surface area contributed by atoms with Crippen molar-refractivity contribution in [1.82, 2.24) is 15.5 Å². The van der Waals surface area contributed by atoms with E-state index < -0.39 is 0 Å². The summed E-state index contributed by atoms with van der Waals surface area (Å²) >= 11 is 0. The van der Waals surface area contributed by atoms with Crippen LogP contribution in [-0.2, 0) is 9.53 Å². The Balaban J connectivity index is 1.72. The van der Waals surface area contributed by atoms with Crippen LogP contribution in [0.15, 0.2) is 30.3 Å². The Bertz CT molecular complexity index is 661. The van der Waals surface area contributed by atoms with Crippen LogP contribution in [0.5, 0.6) is 0 Å². The third-order valence-corrected chi connectivity index (χ3v) is 4.56. The van der Waals surface area contributed by atoms with Crippen molar-refractivity contribution in [1.29, 1.82) is 0 Å². The molecule has 1 amide bonds. The fourth-order valence-corrected chi connectivity index (χ4v) is 3.35. The van der Waals surface area contributed by atoms with E-state index in [1.54, 1.807) is 0 Å². The molecule has 5 heteroatoms. The molecule has 5 nitrogen and oxygen atoms in total. The highest BCUT2D eigenvalue weighted by molar-refractivity contribution is 5.84. The van der Waals surface area contributed by atoms with Crippen LogP contribution in [0.3, 0.4) is 0 Å². The van der Waals surface area contributed by atoms with E-state index in [1.807, 2.05) is 51.1 Å². The predicted molar refractivity (Wildman–Crippen MR) is 88.2 cm³/mol. The highest BCUT2D eigenvalue weighted by Gasteiger charge is 2.32. The highest BCUT2D eigenvalue weighted by atomic mass is 16.5. The smallest absolute Gasteiger partial charge is 0.227 e. The van der Waals surface area contributed by atoms with Gasteiger partial charge < -0.3 is 10.1 Å². The highest BCUT2D eigenvalue weighted by Crippen LogP contribution is 2.30. The number of carbonyl (C=O) groups is 1. The summed E-state index contributed by atoms with van der Waals surface area (Å²) < 4.78 is 5.84. The van der Waals surface area contributed by atoms with Crippen LogP contribution < -0.4 is 5.32 Å². The van der Waals surface area contributed by atoms with Gasteiger partial charge in [-0.15, -0.1) is 0 Å². The van der Waals surface area contributed by atoms with Gasteiger partial charge in [-0.3, -0.25) is 9.89 Å². The minimum absolute atomic E-state index is 0.0138. The van der Waals surface area contributed by atoms with E-state index in [0.29, 0.717) is 6.61 Å². The Morgan fingerprint density at radius 1 is 1.35 bits per heavy atom. The van der Waals surface area contributed by atoms with Crippen LogP contribution >= 0.6 is 0 Å². The largest absolute Gasteiger partial charge is 0.371 e. The third kappa shape index (κ3) is 3.15. The number of nitrogens with one attached hydrogen (secondary N) is 2. The zero-order chi connectivity index (χ0) is 16.4. The predicted octanol–water partition coefficient (Wildman–Crippen LogP) is 2.78. The van der Waals surface area contributed by atoms with Gasteiger partial charge >= 0.3 is 0 Å². The Labute approximate surface area is 136 Å². The number of hydrogen-bond acceptors (Lipinski definition) is 3. The molecule has 0 radical (unpaired) electrons. The lowest BCUT2D eigenvalue weighted by Crippen LogP contribution is -2.39. The number of aromatic nitrogens is 2. The first-order valence-electron chi connectivity index (χ1n) is 8.06. The van der Waals surface area contributed by atoms with E-state index in [2.05, 4.69) is 15.5 Å². The monoisotopic (exact) mass is 313 g/mol. The quantitative estimate of drug-likeness (QED) is 0.912. The molecule has 1 saturated heterocycles. The molecule has 1 aromatic heterocycles. The molecular weight excluding hydrogens is 290 g/mol. The molecular formula is C18H23N3O2. The maximum atomic E-state index is 12.7. The fourth-order valence-electron chi connectivity index (χ4n) is 3.35. The molecule has 23 heavy (non-hydrogen) atoms. The van der Waals surface area contributed by atoms with Crippen LogP contribution in [-0.4, -0.2) is 28.8 Å². The Morgan fingerprint density at radius 3 is 2.74 bits per heavy atom. The summed E-state index contributed by atoms with van der Waals surface area (Å²) in [5.41, 5.74) is 3.93. The molecule has 0 spiro atoms. The van der Waals surface area contributed by atoms with Crippen LogP contribution in [0, 0.1) is 13.8 Å². The number of nitrogens with zero attached hydrogens (tertiary/aromatic N) is 1. The van der Waals surface area contributed by atoms with Crippen molar-refractivity contribution < 1.29 is 9.53 Å². The maximum Gasteiger partial charge on any atom is 0.227 e. The molecule has 2 aromatic rings. The average molecular weight is 313 g/mol. The van der Waals surface area contributed by atoms with Gasteiger partial charge in [-0.2, -0.15) is 5.10 Å². The first kappa shape index (κ1) is 15.7. The molecule has 1 aromatic carbocycles. The van der Waals surface area contributed by atoms with Crippen LogP contribution in [0.1, 0.15) is 47.9 Å². The first-order valence-corrected chi connectivity index (χ1v) is 8.06. The summed E-state index contributed by atoms with van der Waals surface area (Å²) in [6, 6.07) is 10.1. The first-order chi connectivity index (χ1) is 11.1. The number of ether oxygens (including phenoxy) is 1. The Morgan fingerprint density at radius 2 is 2.09 bits per heavy atom. The number of H-pyrrole nitrogens is 1.